The number of ether oxygens (including phenoxy) is 3. The molecule has 1 fully saturated rings. The third kappa shape index (κ3) is 7.19. The van der Waals surface area contributed by atoms with Crippen LogP contribution in [0.25, 0.3) is 0 Å². The quantitative estimate of drug-likeness (QED) is 0.188. The Kier molecular flexibility index (Phi) is 10.7. The Hall–Kier alpha value is -3.63. The molecule has 1 aliphatic rings. The lowest BCUT2D eigenvalue weighted by atomic mass is 9.92. The third-order valence-electron chi connectivity index (χ3n) is 5.86. The van der Waals surface area contributed by atoms with E-state index in [1.807, 2.05) is 13.8 Å². The molecule has 1 aliphatic heterocycles. The number of phenolic OH excluding ortho intramolecular Hbond substituents is 1. The van der Waals surface area contributed by atoms with Crippen LogP contribution < -0.4 is 10.6 Å². The second-order valence-corrected chi connectivity index (χ2v) is 8.65. The number of para-hydroxylation sites is 1. The standard InChI is InChI=1S/C25H34N2O9/c1-5-7-10-17-22(36-19(29)9-6-2)15(4)35-25(33)20(14(3)34-24(17)32)27-23(31)16-11-8-12-18(21(16)30)26-13-28/h8,11-15,17,20,22,30H,5-7,9-10H2,1-4H3,(H,26,28)(H,27,31)/t14-,15+,17-,20+,22+/m0/s1. The first-order valence-electron chi connectivity index (χ1n) is 12.1. The highest BCUT2D eigenvalue weighted by molar-refractivity contribution is 6.01. The number of phenols is 1. The van der Waals surface area contributed by atoms with E-state index >= 15 is 0 Å². The van der Waals surface area contributed by atoms with E-state index in [1.165, 1.54) is 32.0 Å². The number of unbranched alkanes of at least 4 members (excludes halogenated alkanes) is 1. The number of carbonyl (C=O) groups is 5. The number of nitrogens with one attached hydrogen (secondary N) is 2. The molecule has 198 valence electrons. The molecule has 2 rings (SSSR count). The SMILES string of the molecule is CCCC[C@@H]1C(=O)O[C@@H](C)[C@@H](NC(=O)c2cccc(NC=O)c2O)C(=O)O[C@H](C)[C@H]1OC(=O)CCC. The van der Waals surface area contributed by atoms with Crippen LogP contribution in [0.3, 0.4) is 0 Å². The fourth-order valence-electron chi connectivity index (χ4n) is 3.92. The number of hydrogen-bond donors (Lipinski definition) is 3. The Balaban J connectivity index is 2.34. The van der Waals surface area contributed by atoms with E-state index in [9.17, 15) is 29.1 Å². The summed E-state index contributed by atoms with van der Waals surface area (Å²) in [6, 6.07) is 2.70. The zero-order chi connectivity index (χ0) is 26.8. The van der Waals surface area contributed by atoms with E-state index in [4.69, 9.17) is 14.2 Å². The Morgan fingerprint density at radius 2 is 1.78 bits per heavy atom. The predicted octanol–water partition coefficient (Wildman–Crippen LogP) is 2.45. The Morgan fingerprint density at radius 3 is 2.42 bits per heavy atom. The van der Waals surface area contributed by atoms with Gasteiger partial charge in [-0.3, -0.25) is 19.2 Å². The van der Waals surface area contributed by atoms with Crippen molar-refractivity contribution < 1.29 is 43.3 Å². The fourth-order valence-corrected chi connectivity index (χ4v) is 3.92. The number of anilines is 1. The van der Waals surface area contributed by atoms with Crippen LogP contribution in [0, 0.1) is 5.92 Å². The molecule has 1 aromatic carbocycles. The van der Waals surface area contributed by atoms with Crippen molar-refractivity contribution in [1.82, 2.24) is 5.32 Å². The first-order chi connectivity index (χ1) is 17.1. The van der Waals surface area contributed by atoms with E-state index < -0.39 is 59.8 Å². The summed E-state index contributed by atoms with van der Waals surface area (Å²) < 4.78 is 16.7. The average Bonchev–Trinajstić information content (AvgIpc) is 2.85. The highest BCUT2D eigenvalue weighted by Gasteiger charge is 2.43. The van der Waals surface area contributed by atoms with Crippen molar-refractivity contribution in [2.75, 3.05) is 5.32 Å². The van der Waals surface area contributed by atoms with Gasteiger partial charge in [0.05, 0.1) is 17.2 Å². The molecule has 11 heteroatoms. The van der Waals surface area contributed by atoms with Crippen LogP contribution in [0.1, 0.15) is 70.2 Å². The molecule has 0 spiro atoms. The lowest BCUT2D eigenvalue weighted by molar-refractivity contribution is -0.175. The normalized spacial score (nSPS) is 24.3. The maximum absolute atomic E-state index is 13.1. The number of amides is 2. The summed E-state index contributed by atoms with van der Waals surface area (Å²) in [7, 11) is 0. The first kappa shape index (κ1) is 28.6. The highest BCUT2D eigenvalue weighted by atomic mass is 16.6. The van der Waals surface area contributed by atoms with Crippen LogP contribution in [-0.2, 0) is 33.4 Å². The van der Waals surface area contributed by atoms with E-state index in [-0.39, 0.29) is 17.7 Å². The second kappa shape index (κ2) is 13.5. The minimum atomic E-state index is -1.41. The molecule has 5 atom stereocenters. The number of esters is 3. The van der Waals surface area contributed by atoms with Gasteiger partial charge in [0.25, 0.3) is 5.91 Å². The Labute approximate surface area is 209 Å². The van der Waals surface area contributed by atoms with Gasteiger partial charge in [-0.1, -0.05) is 32.8 Å². The summed E-state index contributed by atoms with van der Waals surface area (Å²) in [6.07, 6.45) is -0.355. The number of benzene rings is 1. The summed E-state index contributed by atoms with van der Waals surface area (Å²) >= 11 is 0. The van der Waals surface area contributed by atoms with E-state index in [2.05, 4.69) is 10.6 Å². The molecular weight excluding hydrogens is 472 g/mol. The summed E-state index contributed by atoms with van der Waals surface area (Å²) in [5.74, 6) is -4.30. The van der Waals surface area contributed by atoms with Gasteiger partial charge in [0.1, 0.15) is 12.2 Å². The summed E-state index contributed by atoms with van der Waals surface area (Å²) in [6.45, 7) is 6.71. The number of hydrogen-bond acceptors (Lipinski definition) is 9. The second-order valence-electron chi connectivity index (χ2n) is 8.65. The molecule has 0 unspecified atom stereocenters. The Morgan fingerprint density at radius 1 is 1.08 bits per heavy atom. The molecule has 0 bridgehead atoms. The van der Waals surface area contributed by atoms with E-state index in [0.717, 1.165) is 6.42 Å². The third-order valence-corrected chi connectivity index (χ3v) is 5.86. The number of cyclic esters (lactones) is 2. The van der Waals surface area contributed by atoms with Gasteiger partial charge in [0, 0.05) is 6.42 Å². The van der Waals surface area contributed by atoms with Crippen LogP contribution in [0.2, 0.25) is 0 Å². The van der Waals surface area contributed by atoms with Crippen LogP contribution in [0.15, 0.2) is 18.2 Å². The summed E-state index contributed by atoms with van der Waals surface area (Å²) in [4.78, 5) is 62.1. The van der Waals surface area contributed by atoms with Gasteiger partial charge in [-0.05, 0) is 38.8 Å². The zero-order valence-electron chi connectivity index (χ0n) is 20.9. The first-order valence-corrected chi connectivity index (χ1v) is 12.1. The van der Waals surface area contributed by atoms with Crippen molar-refractivity contribution in [3.63, 3.8) is 0 Å². The molecule has 1 aromatic rings. The largest absolute Gasteiger partial charge is 0.505 e. The molecule has 36 heavy (non-hydrogen) atoms. The van der Waals surface area contributed by atoms with Gasteiger partial charge in [0.15, 0.2) is 17.9 Å². The molecule has 2 amide bonds. The van der Waals surface area contributed by atoms with Crippen LogP contribution in [0.4, 0.5) is 5.69 Å². The monoisotopic (exact) mass is 506 g/mol. The number of carbonyl (C=O) groups excluding carboxylic acids is 5. The van der Waals surface area contributed by atoms with Gasteiger partial charge < -0.3 is 30.0 Å². The zero-order valence-corrected chi connectivity index (χ0v) is 20.9. The van der Waals surface area contributed by atoms with Gasteiger partial charge in [-0.2, -0.15) is 0 Å². The van der Waals surface area contributed by atoms with E-state index in [1.54, 1.807) is 0 Å². The van der Waals surface area contributed by atoms with Crippen molar-refractivity contribution >= 4 is 35.9 Å². The lowest BCUT2D eigenvalue weighted by Gasteiger charge is -2.29. The predicted molar refractivity (Wildman–Crippen MR) is 128 cm³/mol. The topological polar surface area (TPSA) is 157 Å². The molecule has 3 N–H and O–H groups in total. The fraction of sp³-hybridized carbons (Fsp3) is 0.560. The molecule has 0 aromatic heterocycles. The Bertz CT molecular complexity index is 965. The molecule has 1 saturated heterocycles. The average molecular weight is 507 g/mol. The molecule has 1 heterocycles. The maximum atomic E-state index is 13.1. The van der Waals surface area contributed by atoms with Crippen molar-refractivity contribution in [2.45, 2.75) is 84.2 Å². The minimum Gasteiger partial charge on any atom is -0.505 e. The van der Waals surface area contributed by atoms with Crippen molar-refractivity contribution in [3.05, 3.63) is 23.8 Å². The lowest BCUT2D eigenvalue weighted by Crippen LogP contribution is -2.50. The van der Waals surface area contributed by atoms with Gasteiger partial charge in [-0.15, -0.1) is 0 Å². The summed E-state index contributed by atoms with van der Waals surface area (Å²) in [5.41, 5.74) is -0.216. The molecule has 0 radical (unpaired) electrons. The van der Waals surface area contributed by atoms with Crippen molar-refractivity contribution in [3.8, 4) is 5.75 Å². The minimum absolute atomic E-state index is 0.00158. The van der Waals surface area contributed by atoms with Crippen LogP contribution in [0.5, 0.6) is 5.75 Å². The summed E-state index contributed by atoms with van der Waals surface area (Å²) in [5, 5.41) is 15.0. The highest BCUT2D eigenvalue weighted by Crippen LogP contribution is 2.28. The smallest absolute Gasteiger partial charge is 0.332 e. The molecule has 0 saturated carbocycles. The number of aromatic hydroxyl groups is 1. The van der Waals surface area contributed by atoms with Gasteiger partial charge in [0.2, 0.25) is 6.41 Å². The van der Waals surface area contributed by atoms with Crippen molar-refractivity contribution in [2.24, 2.45) is 5.92 Å². The van der Waals surface area contributed by atoms with Crippen LogP contribution >= 0.6 is 0 Å². The molecule has 0 aliphatic carbocycles. The van der Waals surface area contributed by atoms with E-state index in [0.29, 0.717) is 25.7 Å². The number of rotatable bonds is 10. The van der Waals surface area contributed by atoms with Gasteiger partial charge >= 0.3 is 17.9 Å². The van der Waals surface area contributed by atoms with Crippen LogP contribution in [-0.4, -0.2) is 59.7 Å². The maximum Gasteiger partial charge on any atom is 0.332 e. The molecule has 11 nitrogen and oxygen atoms in total. The van der Waals surface area contributed by atoms with Gasteiger partial charge in [-0.25, -0.2) is 4.79 Å². The van der Waals surface area contributed by atoms with Crippen molar-refractivity contribution in [1.29, 1.82) is 0 Å². The molecular formula is C25H34N2O9.